The van der Waals surface area contributed by atoms with E-state index in [9.17, 15) is 13.2 Å². The van der Waals surface area contributed by atoms with Gasteiger partial charge in [-0.15, -0.1) is 0 Å². The number of ether oxygens (including phenoxy) is 1. The van der Waals surface area contributed by atoms with Crippen LogP contribution >= 0.6 is 0 Å². The highest BCUT2D eigenvalue weighted by Gasteiger charge is 2.27. The SMILES string of the molecule is COc1ccc(CCN(C)S(=O)(=O)c2ccc3c(c2)CC(=O)N3C)cc1. The lowest BCUT2D eigenvalue weighted by atomic mass is 10.1. The highest BCUT2D eigenvalue weighted by Crippen LogP contribution is 2.30. The molecule has 2 aromatic rings. The number of carbonyl (C=O) groups is 1. The first-order valence-corrected chi connectivity index (χ1v) is 9.75. The molecule has 3 rings (SSSR count). The number of nitrogens with zero attached hydrogens (tertiary/aromatic N) is 2. The summed E-state index contributed by atoms with van der Waals surface area (Å²) in [5.41, 5.74) is 2.56. The fourth-order valence-corrected chi connectivity index (χ4v) is 4.21. The summed E-state index contributed by atoms with van der Waals surface area (Å²) >= 11 is 0. The minimum Gasteiger partial charge on any atom is -0.497 e. The second-order valence-electron chi connectivity index (χ2n) is 6.34. The van der Waals surface area contributed by atoms with E-state index in [2.05, 4.69) is 0 Å². The van der Waals surface area contributed by atoms with Crippen LogP contribution in [0.25, 0.3) is 0 Å². The molecule has 1 aliphatic heterocycles. The smallest absolute Gasteiger partial charge is 0.242 e. The second kappa shape index (κ2) is 7.09. The Bertz CT molecular complexity index is 923. The number of fused-ring (bicyclic) bond motifs is 1. The van der Waals surface area contributed by atoms with E-state index in [-0.39, 0.29) is 17.2 Å². The molecule has 26 heavy (non-hydrogen) atoms. The fraction of sp³-hybridized carbons (Fsp3) is 0.316. The molecule has 0 aliphatic carbocycles. The number of methoxy groups -OCH3 is 1. The van der Waals surface area contributed by atoms with E-state index in [1.165, 1.54) is 4.31 Å². The van der Waals surface area contributed by atoms with E-state index in [0.29, 0.717) is 13.0 Å². The van der Waals surface area contributed by atoms with Crippen LogP contribution in [0, 0.1) is 0 Å². The van der Waals surface area contributed by atoms with Crippen LogP contribution in [-0.2, 0) is 27.7 Å². The van der Waals surface area contributed by atoms with Gasteiger partial charge in [-0.1, -0.05) is 12.1 Å². The Morgan fingerprint density at radius 1 is 1.15 bits per heavy atom. The van der Waals surface area contributed by atoms with Gasteiger partial charge in [0, 0.05) is 26.3 Å². The van der Waals surface area contributed by atoms with Gasteiger partial charge in [-0.25, -0.2) is 12.7 Å². The third-order valence-corrected chi connectivity index (χ3v) is 6.56. The summed E-state index contributed by atoms with van der Waals surface area (Å²) in [4.78, 5) is 13.6. The number of hydrogen-bond donors (Lipinski definition) is 0. The maximum Gasteiger partial charge on any atom is 0.242 e. The molecule has 6 nitrogen and oxygen atoms in total. The molecular formula is C19H22N2O4S. The number of sulfonamides is 1. The van der Waals surface area contributed by atoms with Crippen molar-refractivity contribution in [1.82, 2.24) is 4.31 Å². The van der Waals surface area contributed by atoms with Crippen LogP contribution in [0.2, 0.25) is 0 Å². The van der Waals surface area contributed by atoms with Crippen LogP contribution in [-0.4, -0.2) is 46.4 Å². The third-order valence-electron chi connectivity index (χ3n) is 4.71. The molecule has 0 saturated carbocycles. The summed E-state index contributed by atoms with van der Waals surface area (Å²) < 4.78 is 32.1. The van der Waals surface area contributed by atoms with Crippen LogP contribution in [0.4, 0.5) is 5.69 Å². The van der Waals surface area contributed by atoms with E-state index in [0.717, 1.165) is 22.6 Å². The zero-order chi connectivity index (χ0) is 18.9. The Hall–Kier alpha value is -2.38. The molecule has 0 spiro atoms. The van der Waals surface area contributed by atoms with Crippen molar-refractivity contribution in [3.63, 3.8) is 0 Å². The van der Waals surface area contributed by atoms with Crippen molar-refractivity contribution in [3.8, 4) is 5.75 Å². The summed E-state index contributed by atoms with van der Waals surface area (Å²) in [6, 6.07) is 12.4. The number of hydrogen-bond acceptors (Lipinski definition) is 4. The largest absolute Gasteiger partial charge is 0.497 e. The topological polar surface area (TPSA) is 66.9 Å². The van der Waals surface area contributed by atoms with Gasteiger partial charge in [0.1, 0.15) is 5.75 Å². The fourth-order valence-electron chi connectivity index (χ4n) is 2.99. The third kappa shape index (κ3) is 3.45. The Kier molecular flexibility index (Phi) is 5.02. The molecule has 2 aromatic carbocycles. The minimum absolute atomic E-state index is 0.0255. The number of anilines is 1. The van der Waals surface area contributed by atoms with E-state index in [1.54, 1.807) is 44.3 Å². The molecule has 0 radical (unpaired) electrons. The lowest BCUT2D eigenvalue weighted by molar-refractivity contribution is -0.117. The molecule has 1 amide bonds. The van der Waals surface area contributed by atoms with Gasteiger partial charge in [0.2, 0.25) is 15.9 Å². The van der Waals surface area contributed by atoms with Crippen molar-refractivity contribution in [2.45, 2.75) is 17.7 Å². The van der Waals surface area contributed by atoms with Gasteiger partial charge < -0.3 is 9.64 Å². The average Bonchev–Trinajstić information content (AvgIpc) is 2.93. The van der Waals surface area contributed by atoms with Gasteiger partial charge in [-0.3, -0.25) is 4.79 Å². The highest BCUT2D eigenvalue weighted by molar-refractivity contribution is 7.89. The van der Waals surface area contributed by atoms with E-state index in [4.69, 9.17) is 4.74 Å². The second-order valence-corrected chi connectivity index (χ2v) is 8.39. The summed E-state index contributed by atoms with van der Waals surface area (Å²) in [6.07, 6.45) is 0.844. The van der Waals surface area contributed by atoms with Gasteiger partial charge in [0.05, 0.1) is 18.4 Å². The maximum absolute atomic E-state index is 12.8. The van der Waals surface area contributed by atoms with E-state index >= 15 is 0 Å². The Labute approximate surface area is 154 Å². The first-order valence-electron chi connectivity index (χ1n) is 8.31. The van der Waals surface area contributed by atoms with Crippen molar-refractivity contribution in [1.29, 1.82) is 0 Å². The van der Waals surface area contributed by atoms with Gasteiger partial charge in [-0.2, -0.15) is 0 Å². The minimum atomic E-state index is -3.60. The summed E-state index contributed by atoms with van der Waals surface area (Å²) in [7, 11) is 1.28. The van der Waals surface area contributed by atoms with Crippen molar-refractivity contribution >= 4 is 21.6 Å². The number of carbonyl (C=O) groups excluding carboxylic acids is 1. The molecule has 1 aliphatic rings. The first kappa shape index (κ1) is 18.4. The van der Waals surface area contributed by atoms with Crippen LogP contribution in [0.3, 0.4) is 0 Å². The number of rotatable bonds is 6. The lowest BCUT2D eigenvalue weighted by Crippen LogP contribution is -2.29. The first-order chi connectivity index (χ1) is 12.3. The summed E-state index contributed by atoms with van der Waals surface area (Å²) in [5, 5.41) is 0. The van der Waals surface area contributed by atoms with Gasteiger partial charge in [0.15, 0.2) is 0 Å². The Morgan fingerprint density at radius 3 is 2.50 bits per heavy atom. The predicted octanol–water partition coefficient (Wildman–Crippen LogP) is 2.08. The lowest BCUT2D eigenvalue weighted by Gasteiger charge is -2.18. The molecule has 0 saturated heterocycles. The standard InChI is InChI=1S/C19H22N2O4S/c1-20(11-10-14-4-6-16(25-3)7-5-14)26(23,24)17-8-9-18-15(12-17)13-19(22)21(18)2/h4-9,12H,10-11,13H2,1-3H3. The zero-order valence-electron chi connectivity index (χ0n) is 15.1. The van der Waals surface area contributed by atoms with E-state index < -0.39 is 10.0 Å². The van der Waals surface area contributed by atoms with Crippen LogP contribution < -0.4 is 9.64 Å². The summed E-state index contributed by atoms with van der Waals surface area (Å²) in [6.45, 7) is 0.366. The number of likely N-dealkylation sites (N-methyl/N-ethyl adjacent to an activating group) is 2. The van der Waals surface area contributed by atoms with Crippen molar-refractivity contribution in [2.75, 3.05) is 32.6 Å². The average molecular weight is 374 g/mol. The molecule has 0 unspecified atom stereocenters. The van der Waals surface area contributed by atoms with E-state index in [1.807, 2.05) is 24.3 Å². The van der Waals surface area contributed by atoms with Gasteiger partial charge in [-0.05, 0) is 47.9 Å². The normalized spacial score (nSPS) is 14.0. The molecular weight excluding hydrogens is 352 g/mol. The van der Waals surface area contributed by atoms with Crippen molar-refractivity contribution in [2.24, 2.45) is 0 Å². The van der Waals surface area contributed by atoms with Crippen LogP contribution in [0.5, 0.6) is 5.75 Å². The van der Waals surface area contributed by atoms with Crippen LogP contribution in [0.1, 0.15) is 11.1 Å². The zero-order valence-corrected chi connectivity index (χ0v) is 15.9. The molecule has 138 valence electrons. The molecule has 7 heteroatoms. The monoisotopic (exact) mass is 374 g/mol. The van der Waals surface area contributed by atoms with Crippen LogP contribution in [0.15, 0.2) is 47.4 Å². The maximum atomic E-state index is 12.8. The molecule has 0 N–H and O–H groups in total. The Balaban J connectivity index is 1.73. The Morgan fingerprint density at radius 2 is 1.85 bits per heavy atom. The number of amides is 1. The molecule has 0 atom stereocenters. The quantitative estimate of drug-likeness (QED) is 0.776. The van der Waals surface area contributed by atoms with Crippen molar-refractivity contribution < 1.29 is 17.9 Å². The predicted molar refractivity (Wildman–Crippen MR) is 100 cm³/mol. The molecule has 0 fully saturated rings. The van der Waals surface area contributed by atoms with Crippen molar-refractivity contribution in [3.05, 3.63) is 53.6 Å². The van der Waals surface area contributed by atoms with Gasteiger partial charge >= 0.3 is 0 Å². The number of benzene rings is 2. The summed E-state index contributed by atoms with van der Waals surface area (Å²) in [5.74, 6) is 0.745. The molecule has 0 bridgehead atoms. The molecule has 1 heterocycles. The van der Waals surface area contributed by atoms with Gasteiger partial charge in [0.25, 0.3) is 0 Å². The molecule has 0 aromatic heterocycles. The highest BCUT2D eigenvalue weighted by atomic mass is 32.2.